The largest absolute Gasteiger partial charge is 0.265 e. The van der Waals surface area contributed by atoms with Crippen LogP contribution in [0.5, 0.6) is 0 Å². The van der Waals surface area contributed by atoms with Crippen LogP contribution in [0.25, 0.3) is 226 Å². The molecule has 20 nitrogen and oxygen atoms in total. The molecule has 0 aliphatic carbocycles. The standard InChI is InChI=1S/4C31H21N5/c1-3-9-23(10-4-1)29-34-30(24-11-5-2-6-12-24)36-31(35-29)25-16-14-22(15-17-25)28-19-18-26(21-33-28)27-13-7-8-20-32-27;1-3-9-23(10-4-1)29-34-30(24-11-5-2-6-12-24)36-31(35-29)25-16-14-22(15-17-25)26-18-19-28(33-21-26)27-13-7-8-20-32-27;1-3-8-23(9-4-1)29-34-30(24-10-5-2-6-11-24)36-31(35-29)25-15-13-22(14-16-25)28-18-17-27(21-33-28)26-12-7-19-32-20-26;1-3-7-24(8-4-1)29-34-30(25-9-5-2-6-10-25)36-31(35-29)26-13-11-23(12-14-26)28-16-15-27(21-33-28)22-17-19-32-20-18-22/h4*1-21H. The van der Waals surface area contributed by atoms with Gasteiger partial charge >= 0.3 is 0 Å². The molecule has 24 rings (SSSR count). The summed E-state index contributed by atoms with van der Waals surface area (Å²) in [5, 5.41) is 0. The van der Waals surface area contributed by atoms with Crippen molar-refractivity contribution in [1.29, 1.82) is 0 Å². The molecule has 0 atom stereocenters. The van der Waals surface area contributed by atoms with Crippen LogP contribution in [0.1, 0.15) is 0 Å². The molecule has 0 bridgehead atoms. The van der Waals surface area contributed by atoms with Crippen molar-refractivity contribution >= 4 is 0 Å². The van der Waals surface area contributed by atoms with Gasteiger partial charge in [-0.05, 0) is 83.9 Å². The summed E-state index contributed by atoms with van der Waals surface area (Å²) in [6, 6.07) is 149. The lowest BCUT2D eigenvalue weighted by Crippen LogP contribution is -2.00. The first kappa shape index (κ1) is 90.4. The predicted octanol–water partition coefficient (Wildman–Crippen LogP) is 28.0. The Morgan fingerprint density at radius 3 is 0.521 bits per heavy atom. The fourth-order valence-electron chi connectivity index (χ4n) is 16.0. The van der Waals surface area contributed by atoms with Crippen LogP contribution in [-0.4, -0.2) is 99.7 Å². The lowest BCUT2D eigenvalue weighted by Gasteiger charge is -2.09. The minimum Gasteiger partial charge on any atom is -0.265 e. The Hall–Kier alpha value is -20.1. The minimum absolute atomic E-state index is 0.632. The van der Waals surface area contributed by atoms with E-state index in [0.717, 1.165) is 157 Å². The maximum atomic E-state index is 4.81. The van der Waals surface area contributed by atoms with Crippen molar-refractivity contribution in [2.45, 2.75) is 0 Å². The number of benzene rings is 12. The SMILES string of the molecule is c1ccc(-c2nc(-c3ccccc3)nc(-c3ccc(-c4ccc(-c5ccccn5)cn4)cc3)n2)cc1.c1ccc(-c2nc(-c3ccccc3)nc(-c3ccc(-c4ccc(-c5ccccn5)nc4)cc3)n2)cc1.c1ccc(-c2nc(-c3ccccc3)nc(-c3ccc(-c4ccc(-c5cccnc5)cn4)cc3)n2)cc1.c1ccc(-c2nc(-c3ccccc3)nc(-c3ccc(-c4ccc(-c5ccncc5)cn4)cc3)n2)cc1. The van der Waals surface area contributed by atoms with Gasteiger partial charge in [-0.15, -0.1) is 0 Å². The highest BCUT2D eigenvalue weighted by Crippen LogP contribution is 2.36. The van der Waals surface area contributed by atoms with Crippen LogP contribution in [0.2, 0.25) is 0 Å². The maximum Gasteiger partial charge on any atom is 0.164 e. The van der Waals surface area contributed by atoms with E-state index in [1.54, 1.807) is 31.0 Å². The Balaban J connectivity index is 0.000000113. The highest BCUT2D eigenvalue weighted by molar-refractivity contribution is 5.78. The third kappa shape index (κ3) is 22.1. The normalized spacial score (nSPS) is 10.8. The fraction of sp³-hybridized carbons (Fsp3) is 0. The van der Waals surface area contributed by atoms with E-state index in [1.807, 2.05) is 425 Å². The summed E-state index contributed by atoms with van der Waals surface area (Å²) in [5.41, 5.74) is 27.0. The second-order valence-electron chi connectivity index (χ2n) is 33.1. The van der Waals surface area contributed by atoms with Gasteiger partial charge in [0.15, 0.2) is 69.9 Å². The monoisotopic (exact) mass is 1850 g/mol. The second-order valence-corrected chi connectivity index (χ2v) is 33.1. The number of aromatic nitrogens is 20. The molecule has 0 unspecified atom stereocenters. The average Bonchev–Trinajstić information content (AvgIpc) is 0.806. The van der Waals surface area contributed by atoms with Gasteiger partial charge in [-0.1, -0.05) is 376 Å². The number of hydrogen-bond acceptors (Lipinski definition) is 20. The van der Waals surface area contributed by atoms with Gasteiger partial charge in [0.05, 0.1) is 34.2 Å². The van der Waals surface area contributed by atoms with Gasteiger partial charge < -0.3 is 0 Å². The summed E-state index contributed by atoms with van der Waals surface area (Å²) in [6.07, 6.45) is 18.3. The van der Waals surface area contributed by atoms with Crippen LogP contribution in [0.4, 0.5) is 0 Å². The van der Waals surface area contributed by atoms with Crippen molar-refractivity contribution in [2.24, 2.45) is 0 Å². The van der Waals surface area contributed by atoms with E-state index in [9.17, 15) is 0 Å². The number of hydrogen-bond donors (Lipinski definition) is 0. The minimum atomic E-state index is 0.632. The number of pyridine rings is 8. The molecule has 0 N–H and O–H groups in total. The third-order valence-corrected chi connectivity index (χ3v) is 23.5. The average molecular weight is 1850 g/mol. The predicted molar refractivity (Wildman–Crippen MR) is 570 cm³/mol. The van der Waals surface area contributed by atoms with Crippen LogP contribution < -0.4 is 0 Å². The smallest absolute Gasteiger partial charge is 0.164 e. The zero-order valence-electron chi connectivity index (χ0n) is 77.4. The molecule has 12 heterocycles. The summed E-state index contributed by atoms with van der Waals surface area (Å²) in [6.45, 7) is 0. The van der Waals surface area contributed by atoms with Gasteiger partial charge in [0.25, 0.3) is 0 Å². The summed E-state index contributed by atoms with van der Waals surface area (Å²) in [4.78, 5) is 93.1. The Kier molecular flexibility index (Phi) is 27.6. The van der Waals surface area contributed by atoms with Crippen molar-refractivity contribution in [3.05, 3.63) is 511 Å². The van der Waals surface area contributed by atoms with Gasteiger partial charge in [0.1, 0.15) is 0 Å². The molecule has 0 fully saturated rings. The third-order valence-electron chi connectivity index (χ3n) is 23.5. The molecule has 20 heteroatoms. The molecule has 24 aromatic rings. The number of rotatable bonds is 20. The summed E-state index contributed by atoms with van der Waals surface area (Å²) in [7, 11) is 0. The molecule has 0 aliphatic heterocycles. The van der Waals surface area contributed by atoms with E-state index in [-0.39, 0.29) is 0 Å². The lowest BCUT2D eigenvalue weighted by molar-refractivity contribution is 1.07. The molecular weight excluding hydrogens is 1770 g/mol. The molecule has 0 radical (unpaired) electrons. The highest BCUT2D eigenvalue weighted by atomic mass is 15.1. The topological polar surface area (TPSA) is 258 Å². The van der Waals surface area contributed by atoms with Crippen LogP contribution in [0.3, 0.4) is 0 Å². The van der Waals surface area contributed by atoms with Gasteiger partial charge in [0, 0.05) is 173 Å². The maximum absolute atomic E-state index is 4.81. The van der Waals surface area contributed by atoms with Crippen molar-refractivity contribution < 1.29 is 0 Å². The Morgan fingerprint density at radius 2 is 0.278 bits per heavy atom. The fourth-order valence-corrected chi connectivity index (χ4v) is 16.0. The van der Waals surface area contributed by atoms with E-state index in [1.165, 1.54) is 0 Å². The molecule has 0 amide bonds. The second kappa shape index (κ2) is 43.9. The van der Waals surface area contributed by atoms with Crippen LogP contribution >= 0.6 is 0 Å². The molecule has 0 saturated heterocycles. The van der Waals surface area contributed by atoms with Gasteiger partial charge in [0.2, 0.25) is 0 Å². The molecule has 0 saturated carbocycles. The first-order chi connectivity index (χ1) is 71.3. The Morgan fingerprint density at radius 1 is 0.0903 bits per heavy atom. The van der Waals surface area contributed by atoms with Crippen molar-refractivity contribution in [3.63, 3.8) is 0 Å². The van der Waals surface area contributed by atoms with Crippen LogP contribution in [-0.2, 0) is 0 Å². The van der Waals surface area contributed by atoms with Crippen LogP contribution in [0, 0.1) is 0 Å². The molecule has 0 spiro atoms. The zero-order chi connectivity index (χ0) is 96.6. The van der Waals surface area contributed by atoms with E-state index >= 15 is 0 Å². The molecule has 144 heavy (non-hydrogen) atoms. The summed E-state index contributed by atoms with van der Waals surface area (Å²) >= 11 is 0. The van der Waals surface area contributed by atoms with Gasteiger partial charge in [-0.25, -0.2) is 59.8 Å². The summed E-state index contributed by atoms with van der Waals surface area (Å²) in [5.74, 6) is 7.73. The molecular formula is C124H84N20. The molecule has 12 aromatic carbocycles. The Labute approximate surface area is 831 Å². The highest BCUT2D eigenvalue weighted by Gasteiger charge is 2.20. The first-order valence-corrected chi connectivity index (χ1v) is 46.7. The first-order valence-electron chi connectivity index (χ1n) is 46.7. The van der Waals surface area contributed by atoms with E-state index in [0.29, 0.717) is 69.9 Å². The molecule has 680 valence electrons. The number of nitrogens with zero attached hydrogens (tertiary/aromatic N) is 20. The summed E-state index contributed by atoms with van der Waals surface area (Å²) < 4.78 is 0. The van der Waals surface area contributed by atoms with E-state index < -0.39 is 0 Å². The zero-order valence-corrected chi connectivity index (χ0v) is 77.4. The van der Waals surface area contributed by atoms with Crippen molar-refractivity contribution in [2.75, 3.05) is 0 Å². The van der Waals surface area contributed by atoms with Gasteiger partial charge in [-0.3, -0.25) is 39.9 Å². The quantitative estimate of drug-likeness (QED) is 0.0687. The molecule has 12 aromatic heterocycles. The Bertz CT molecular complexity index is 7100. The van der Waals surface area contributed by atoms with Crippen molar-refractivity contribution in [1.82, 2.24) is 99.7 Å². The van der Waals surface area contributed by atoms with Gasteiger partial charge in [-0.2, -0.15) is 0 Å². The van der Waals surface area contributed by atoms with E-state index in [4.69, 9.17) is 59.8 Å². The van der Waals surface area contributed by atoms with E-state index in [2.05, 4.69) is 94.5 Å². The van der Waals surface area contributed by atoms with Crippen molar-refractivity contribution in [3.8, 4) is 226 Å². The lowest BCUT2D eigenvalue weighted by atomic mass is 10.0. The molecule has 0 aliphatic rings. The van der Waals surface area contributed by atoms with Crippen LogP contribution in [0.15, 0.2) is 511 Å².